The van der Waals surface area contributed by atoms with E-state index in [1.807, 2.05) is 12.1 Å². The van der Waals surface area contributed by atoms with Crippen LogP contribution in [0.4, 0.5) is 5.69 Å². The van der Waals surface area contributed by atoms with E-state index >= 15 is 0 Å². The smallest absolute Gasteiger partial charge is 0.0349 e. The third kappa shape index (κ3) is 1.11. The summed E-state index contributed by atoms with van der Waals surface area (Å²) in [6.07, 6.45) is 4.03. The average molecular weight is 147 g/mol. The van der Waals surface area contributed by atoms with Crippen molar-refractivity contribution in [2.24, 2.45) is 0 Å². The Labute approximate surface area is 67.2 Å². The Hall–Kier alpha value is -0.980. The molecule has 1 aliphatic carbocycles. The number of nitrogen functional groups attached to an aromatic ring is 1. The van der Waals surface area contributed by atoms with Crippen molar-refractivity contribution in [2.75, 3.05) is 5.73 Å². The molecule has 1 nitrogen and oxygen atoms in total. The maximum Gasteiger partial charge on any atom is 0.0349 e. The van der Waals surface area contributed by atoms with Gasteiger partial charge in [0.05, 0.1) is 0 Å². The van der Waals surface area contributed by atoms with Crippen molar-refractivity contribution in [3.05, 3.63) is 29.8 Å². The first-order valence-electron chi connectivity index (χ1n) is 4.22. The molecule has 1 aromatic rings. The van der Waals surface area contributed by atoms with Gasteiger partial charge in [0, 0.05) is 5.69 Å². The van der Waals surface area contributed by atoms with Crippen LogP contribution in [0.5, 0.6) is 0 Å². The van der Waals surface area contributed by atoms with Crippen molar-refractivity contribution in [2.45, 2.75) is 25.2 Å². The molecule has 11 heavy (non-hydrogen) atoms. The first kappa shape index (κ1) is 6.71. The van der Waals surface area contributed by atoms with E-state index in [9.17, 15) is 0 Å². The highest BCUT2D eigenvalue weighted by molar-refractivity contribution is 5.48. The van der Waals surface area contributed by atoms with Crippen molar-refractivity contribution < 1.29 is 0 Å². The fourth-order valence-corrected chi connectivity index (χ4v) is 1.60. The van der Waals surface area contributed by atoms with Crippen LogP contribution >= 0.6 is 0 Å². The molecule has 1 aromatic carbocycles. The Bertz CT molecular complexity index is 251. The molecule has 58 valence electrons. The van der Waals surface area contributed by atoms with Crippen LogP contribution in [-0.2, 0) is 0 Å². The fraction of sp³-hybridized carbons (Fsp3) is 0.400. The average Bonchev–Trinajstić information content (AvgIpc) is 1.90. The highest BCUT2D eigenvalue weighted by Gasteiger charge is 2.20. The lowest BCUT2D eigenvalue weighted by Gasteiger charge is -2.26. The molecular formula is C10H13N. The lowest BCUT2D eigenvalue weighted by Crippen LogP contribution is -2.10. The van der Waals surface area contributed by atoms with Gasteiger partial charge in [0.25, 0.3) is 0 Å². The number of hydrogen-bond donors (Lipinski definition) is 1. The summed E-state index contributed by atoms with van der Waals surface area (Å²) in [7, 11) is 0. The van der Waals surface area contributed by atoms with Crippen LogP contribution in [0.15, 0.2) is 24.3 Å². The maximum absolute atomic E-state index is 5.83. The zero-order valence-electron chi connectivity index (χ0n) is 6.59. The lowest BCUT2D eigenvalue weighted by molar-refractivity contribution is 0.421. The van der Waals surface area contributed by atoms with Gasteiger partial charge in [-0.1, -0.05) is 24.6 Å². The van der Waals surface area contributed by atoms with Crippen LogP contribution in [-0.4, -0.2) is 0 Å². The van der Waals surface area contributed by atoms with Gasteiger partial charge in [-0.2, -0.15) is 0 Å². The van der Waals surface area contributed by atoms with Crippen LogP contribution in [0.2, 0.25) is 0 Å². The maximum atomic E-state index is 5.83. The number of anilines is 1. The van der Waals surface area contributed by atoms with Crippen LogP contribution < -0.4 is 5.73 Å². The Morgan fingerprint density at radius 1 is 1.18 bits per heavy atom. The number of para-hydroxylation sites is 1. The van der Waals surface area contributed by atoms with Crippen molar-refractivity contribution in [3.63, 3.8) is 0 Å². The summed E-state index contributed by atoms with van der Waals surface area (Å²) < 4.78 is 0. The Morgan fingerprint density at radius 3 is 2.45 bits per heavy atom. The fourth-order valence-electron chi connectivity index (χ4n) is 1.60. The standard InChI is InChI=1S/C10H13N/c11-10-7-2-1-6-9(10)8-4-3-5-8/h1-2,6-8H,3-5,11H2. The van der Waals surface area contributed by atoms with Gasteiger partial charge in [-0.3, -0.25) is 0 Å². The number of rotatable bonds is 1. The second-order valence-electron chi connectivity index (χ2n) is 3.26. The van der Waals surface area contributed by atoms with Crippen LogP contribution in [0.3, 0.4) is 0 Å². The minimum Gasteiger partial charge on any atom is -0.398 e. The van der Waals surface area contributed by atoms with Gasteiger partial charge in [-0.05, 0) is 30.4 Å². The van der Waals surface area contributed by atoms with Crippen molar-refractivity contribution >= 4 is 5.69 Å². The molecule has 1 saturated carbocycles. The molecule has 0 unspecified atom stereocenters. The van der Waals surface area contributed by atoms with E-state index in [2.05, 4.69) is 12.1 Å². The number of nitrogens with two attached hydrogens (primary N) is 1. The van der Waals surface area contributed by atoms with E-state index < -0.39 is 0 Å². The van der Waals surface area contributed by atoms with Gasteiger partial charge < -0.3 is 5.73 Å². The highest BCUT2D eigenvalue weighted by Crippen LogP contribution is 2.38. The summed E-state index contributed by atoms with van der Waals surface area (Å²) in [6, 6.07) is 8.22. The van der Waals surface area contributed by atoms with Gasteiger partial charge in [-0.15, -0.1) is 0 Å². The SMILES string of the molecule is Nc1ccccc1C1CCC1. The second kappa shape index (κ2) is 2.57. The molecule has 1 heteroatoms. The summed E-state index contributed by atoms with van der Waals surface area (Å²) >= 11 is 0. The third-order valence-corrected chi connectivity index (χ3v) is 2.54. The quantitative estimate of drug-likeness (QED) is 0.607. The topological polar surface area (TPSA) is 26.0 Å². The molecule has 1 fully saturated rings. The molecule has 0 saturated heterocycles. The van der Waals surface area contributed by atoms with E-state index in [-0.39, 0.29) is 0 Å². The predicted octanol–water partition coefficient (Wildman–Crippen LogP) is 2.54. The molecule has 0 aliphatic heterocycles. The lowest BCUT2D eigenvalue weighted by atomic mass is 9.79. The number of hydrogen-bond acceptors (Lipinski definition) is 1. The van der Waals surface area contributed by atoms with Crippen LogP contribution in [0.25, 0.3) is 0 Å². The minimum absolute atomic E-state index is 0.760. The van der Waals surface area contributed by atoms with E-state index in [0.29, 0.717) is 0 Å². The molecule has 0 heterocycles. The summed E-state index contributed by atoms with van der Waals surface area (Å²) in [4.78, 5) is 0. The molecular weight excluding hydrogens is 134 g/mol. The van der Waals surface area contributed by atoms with Gasteiger partial charge in [0.1, 0.15) is 0 Å². The molecule has 0 radical (unpaired) electrons. The Kier molecular flexibility index (Phi) is 1.57. The largest absolute Gasteiger partial charge is 0.398 e. The third-order valence-electron chi connectivity index (χ3n) is 2.54. The van der Waals surface area contributed by atoms with Gasteiger partial charge in [-0.25, -0.2) is 0 Å². The van der Waals surface area contributed by atoms with Gasteiger partial charge >= 0.3 is 0 Å². The van der Waals surface area contributed by atoms with Crippen molar-refractivity contribution in [3.8, 4) is 0 Å². The normalized spacial score (nSPS) is 17.8. The molecule has 0 bridgehead atoms. The second-order valence-corrected chi connectivity index (χ2v) is 3.26. The molecule has 0 atom stereocenters. The van der Waals surface area contributed by atoms with Crippen LogP contribution in [0, 0.1) is 0 Å². The predicted molar refractivity (Wildman–Crippen MR) is 47.4 cm³/mol. The van der Waals surface area contributed by atoms with E-state index in [4.69, 9.17) is 5.73 Å². The zero-order valence-corrected chi connectivity index (χ0v) is 6.59. The van der Waals surface area contributed by atoms with Gasteiger partial charge in [0.15, 0.2) is 0 Å². The number of benzene rings is 1. The Morgan fingerprint density at radius 2 is 1.91 bits per heavy atom. The van der Waals surface area contributed by atoms with Crippen molar-refractivity contribution in [1.29, 1.82) is 0 Å². The summed E-state index contributed by atoms with van der Waals surface area (Å²) in [5.41, 5.74) is 8.16. The van der Waals surface area contributed by atoms with E-state index in [0.717, 1.165) is 11.6 Å². The summed E-state index contributed by atoms with van der Waals surface area (Å²) in [5.74, 6) is 0.760. The molecule has 1 aliphatic rings. The summed E-state index contributed by atoms with van der Waals surface area (Å²) in [5, 5.41) is 0. The molecule has 2 N–H and O–H groups in total. The monoisotopic (exact) mass is 147 g/mol. The first-order chi connectivity index (χ1) is 5.38. The highest BCUT2D eigenvalue weighted by atomic mass is 14.6. The van der Waals surface area contributed by atoms with Crippen LogP contribution in [0.1, 0.15) is 30.7 Å². The molecule has 0 spiro atoms. The molecule has 0 aromatic heterocycles. The Balaban J connectivity index is 2.28. The summed E-state index contributed by atoms with van der Waals surface area (Å²) in [6.45, 7) is 0. The molecule has 0 amide bonds. The minimum atomic E-state index is 0.760. The van der Waals surface area contributed by atoms with Gasteiger partial charge in [0.2, 0.25) is 0 Å². The van der Waals surface area contributed by atoms with E-state index in [1.54, 1.807) is 0 Å². The van der Waals surface area contributed by atoms with Crippen molar-refractivity contribution in [1.82, 2.24) is 0 Å². The zero-order chi connectivity index (χ0) is 7.68. The molecule has 2 rings (SSSR count). The van der Waals surface area contributed by atoms with E-state index in [1.165, 1.54) is 24.8 Å². The first-order valence-corrected chi connectivity index (χ1v) is 4.22.